The molecule has 26 heavy (non-hydrogen) atoms. The number of nitrogens with one attached hydrogen (secondary N) is 1. The summed E-state index contributed by atoms with van der Waals surface area (Å²) in [7, 11) is -3.32. The number of hydrogen-bond donors (Lipinski definition) is 2. The molecule has 0 unspecified atom stereocenters. The molecule has 2 N–H and O–H groups in total. The lowest BCUT2D eigenvalue weighted by Crippen LogP contribution is -2.51. The van der Waals surface area contributed by atoms with Crippen molar-refractivity contribution in [2.45, 2.75) is 43.7 Å². The van der Waals surface area contributed by atoms with Crippen LogP contribution in [0.15, 0.2) is 12.3 Å². The van der Waals surface area contributed by atoms with E-state index in [4.69, 9.17) is 0 Å². The first-order valence-electron chi connectivity index (χ1n) is 8.77. The van der Waals surface area contributed by atoms with Crippen LogP contribution in [0.5, 0.6) is 0 Å². The number of aromatic nitrogens is 3. The maximum absolute atomic E-state index is 14.1. The second kappa shape index (κ2) is 6.43. The van der Waals surface area contributed by atoms with Gasteiger partial charge in [0.1, 0.15) is 5.52 Å². The van der Waals surface area contributed by atoms with Gasteiger partial charge in [0.25, 0.3) is 0 Å². The molecule has 2 aromatic rings. The van der Waals surface area contributed by atoms with E-state index < -0.39 is 16.1 Å². The molecule has 1 aliphatic heterocycles. The first-order valence-corrected chi connectivity index (χ1v) is 10.6. The Bertz CT molecular complexity index is 927. The molecule has 4 rings (SSSR count). The standard InChI is InChI=1S/C16H22FN5O3S/c1-26(24,25)21-6-5-12(15(23)9-21)19-16-18-8-14-11(17)7-13(22(14)20-16)10-3-2-4-10/h7-8,10,12,15,23H,2-6,9H2,1H3,(H,19,20)/t12-,15-/m1/s1. The highest BCUT2D eigenvalue weighted by Gasteiger charge is 2.32. The Morgan fingerprint density at radius 2 is 2.12 bits per heavy atom. The van der Waals surface area contributed by atoms with Gasteiger partial charge in [0, 0.05) is 24.7 Å². The first-order chi connectivity index (χ1) is 12.3. The number of nitrogens with zero attached hydrogens (tertiary/aromatic N) is 4. The van der Waals surface area contributed by atoms with Crippen LogP contribution in [0.3, 0.4) is 0 Å². The molecule has 0 amide bonds. The summed E-state index contributed by atoms with van der Waals surface area (Å²) in [5.41, 5.74) is 1.19. The summed E-state index contributed by atoms with van der Waals surface area (Å²) in [5, 5.41) is 17.8. The molecule has 0 radical (unpaired) electrons. The third kappa shape index (κ3) is 3.17. The fraction of sp³-hybridized carbons (Fsp3) is 0.625. The minimum absolute atomic E-state index is 0.0320. The molecular weight excluding hydrogens is 361 g/mol. The predicted molar refractivity (Wildman–Crippen MR) is 94.0 cm³/mol. The van der Waals surface area contributed by atoms with Crippen LogP contribution in [0.2, 0.25) is 0 Å². The molecule has 3 heterocycles. The van der Waals surface area contributed by atoms with Crippen LogP contribution in [0, 0.1) is 5.82 Å². The molecular formula is C16H22FN5O3S. The van der Waals surface area contributed by atoms with Gasteiger partial charge in [0.15, 0.2) is 5.82 Å². The van der Waals surface area contributed by atoms with E-state index in [1.165, 1.54) is 16.6 Å². The van der Waals surface area contributed by atoms with Crippen molar-refractivity contribution in [3.05, 3.63) is 23.8 Å². The highest BCUT2D eigenvalue weighted by atomic mass is 32.2. The average Bonchev–Trinajstić information content (AvgIpc) is 2.83. The summed E-state index contributed by atoms with van der Waals surface area (Å²) in [5.74, 6) is 0.281. The Labute approximate surface area is 151 Å². The van der Waals surface area contributed by atoms with Gasteiger partial charge in [-0.05, 0) is 25.3 Å². The summed E-state index contributed by atoms with van der Waals surface area (Å²) in [6.45, 7) is 0.353. The molecule has 8 nitrogen and oxygen atoms in total. The first kappa shape index (κ1) is 17.6. The number of anilines is 1. The van der Waals surface area contributed by atoms with Gasteiger partial charge in [0.05, 0.1) is 24.6 Å². The summed E-state index contributed by atoms with van der Waals surface area (Å²) < 4.78 is 40.2. The van der Waals surface area contributed by atoms with Gasteiger partial charge in [-0.1, -0.05) is 6.42 Å². The normalized spacial score (nSPS) is 25.3. The second-order valence-corrected chi connectivity index (χ2v) is 9.13. The fourth-order valence-electron chi connectivity index (χ4n) is 3.57. The number of rotatable bonds is 4. The van der Waals surface area contributed by atoms with E-state index in [2.05, 4.69) is 15.4 Å². The third-order valence-corrected chi connectivity index (χ3v) is 6.62. The number of hydrogen-bond acceptors (Lipinski definition) is 6. The van der Waals surface area contributed by atoms with Gasteiger partial charge in [-0.3, -0.25) is 0 Å². The smallest absolute Gasteiger partial charge is 0.241 e. The molecule has 10 heteroatoms. The molecule has 0 spiro atoms. The molecule has 2 aliphatic rings. The quantitative estimate of drug-likeness (QED) is 0.815. The van der Waals surface area contributed by atoms with E-state index in [0.717, 1.165) is 31.2 Å². The molecule has 2 fully saturated rings. The zero-order chi connectivity index (χ0) is 18.5. The van der Waals surface area contributed by atoms with Crippen molar-refractivity contribution >= 4 is 21.5 Å². The van der Waals surface area contributed by atoms with Crippen LogP contribution >= 0.6 is 0 Å². The molecule has 1 aliphatic carbocycles. The minimum Gasteiger partial charge on any atom is -0.390 e. The summed E-state index contributed by atoms with van der Waals surface area (Å²) in [6, 6.07) is 1.16. The van der Waals surface area contributed by atoms with E-state index in [1.807, 2.05) is 0 Å². The topological polar surface area (TPSA) is 99.8 Å². The number of sulfonamides is 1. The van der Waals surface area contributed by atoms with Gasteiger partial charge in [-0.25, -0.2) is 22.3 Å². The summed E-state index contributed by atoms with van der Waals surface area (Å²) >= 11 is 0. The lowest BCUT2D eigenvalue weighted by Gasteiger charge is -2.34. The largest absolute Gasteiger partial charge is 0.390 e. The summed E-state index contributed by atoms with van der Waals surface area (Å²) in [4.78, 5) is 4.15. The van der Waals surface area contributed by atoms with Crippen molar-refractivity contribution in [3.8, 4) is 0 Å². The second-order valence-electron chi connectivity index (χ2n) is 7.15. The van der Waals surface area contributed by atoms with Crippen molar-refractivity contribution < 1.29 is 17.9 Å². The van der Waals surface area contributed by atoms with Crippen LogP contribution < -0.4 is 5.32 Å². The van der Waals surface area contributed by atoms with Crippen molar-refractivity contribution in [1.29, 1.82) is 0 Å². The zero-order valence-electron chi connectivity index (χ0n) is 14.5. The Morgan fingerprint density at radius 1 is 1.35 bits per heavy atom. The number of piperidine rings is 1. The van der Waals surface area contributed by atoms with E-state index >= 15 is 0 Å². The van der Waals surface area contributed by atoms with Gasteiger partial charge in [-0.2, -0.15) is 4.31 Å². The molecule has 0 aromatic carbocycles. The molecule has 1 saturated carbocycles. The number of β-amino-alcohol motifs (C(OH)–C–C–N with tert-alkyl or cyclic N) is 1. The number of aliphatic hydroxyl groups is 1. The number of aliphatic hydroxyl groups excluding tert-OH is 1. The van der Waals surface area contributed by atoms with Gasteiger partial charge < -0.3 is 10.4 Å². The lowest BCUT2D eigenvalue weighted by atomic mass is 9.83. The number of halogens is 1. The van der Waals surface area contributed by atoms with Gasteiger partial charge in [0.2, 0.25) is 16.0 Å². The van der Waals surface area contributed by atoms with Crippen molar-refractivity contribution in [2.24, 2.45) is 0 Å². The van der Waals surface area contributed by atoms with Crippen LogP contribution in [0.4, 0.5) is 10.3 Å². The lowest BCUT2D eigenvalue weighted by molar-refractivity contribution is 0.0950. The Morgan fingerprint density at radius 3 is 2.73 bits per heavy atom. The van der Waals surface area contributed by atoms with Crippen molar-refractivity contribution in [1.82, 2.24) is 18.9 Å². The molecule has 0 bridgehead atoms. The minimum atomic E-state index is -3.32. The molecule has 2 aromatic heterocycles. The monoisotopic (exact) mass is 383 g/mol. The third-order valence-electron chi connectivity index (χ3n) is 5.35. The molecule has 1 saturated heterocycles. The summed E-state index contributed by atoms with van der Waals surface area (Å²) in [6.07, 6.45) is 5.33. The van der Waals surface area contributed by atoms with E-state index in [9.17, 15) is 17.9 Å². The van der Waals surface area contributed by atoms with Crippen molar-refractivity contribution in [3.63, 3.8) is 0 Å². The maximum atomic E-state index is 14.1. The zero-order valence-corrected chi connectivity index (χ0v) is 15.3. The van der Waals surface area contributed by atoms with E-state index in [-0.39, 0.29) is 18.4 Å². The van der Waals surface area contributed by atoms with Crippen LogP contribution in [-0.4, -0.2) is 63.9 Å². The maximum Gasteiger partial charge on any atom is 0.241 e. The van der Waals surface area contributed by atoms with E-state index in [0.29, 0.717) is 30.3 Å². The van der Waals surface area contributed by atoms with Crippen LogP contribution in [-0.2, 0) is 10.0 Å². The predicted octanol–water partition coefficient (Wildman–Crippen LogP) is 0.943. The fourth-order valence-corrected chi connectivity index (χ4v) is 4.44. The van der Waals surface area contributed by atoms with Crippen LogP contribution in [0.1, 0.15) is 37.3 Å². The highest BCUT2D eigenvalue weighted by molar-refractivity contribution is 7.88. The Balaban J connectivity index is 1.54. The van der Waals surface area contributed by atoms with E-state index in [1.54, 1.807) is 4.52 Å². The van der Waals surface area contributed by atoms with Gasteiger partial charge >= 0.3 is 0 Å². The van der Waals surface area contributed by atoms with Gasteiger partial charge in [-0.15, -0.1) is 5.10 Å². The average molecular weight is 383 g/mol. The van der Waals surface area contributed by atoms with Crippen LogP contribution in [0.25, 0.3) is 5.52 Å². The number of fused-ring (bicyclic) bond motifs is 1. The molecule has 2 atom stereocenters. The Kier molecular flexibility index (Phi) is 4.36. The molecule has 142 valence electrons. The van der Waals surface area contributed by atoms with Crippen molar-refractivity contribution in [2.75, 3.05) is 24.7 Å². The Hall–Kier alpha value is -1.78. The SMILES string of the molecule is CS(=O)(=O)N1CC[C@@H](Nc2ncc3c(F)cc(C4CCC4)n3n2)[C@H](O)C1. The highest BCUT2D eigenvalue weighted by Crippen LogP contribution is 2.37.